The molecule has 9 heteroatoms. The van der Waals surface area contributed by atoms with Crippen LogP contribution in [0, 0.1) is 6.92 Å². The number of amides is 1. The molecule has 1 N–H and O–H groups in total. The molecule has 0 aromatic carbocycles. The van der Waals surface area contributed by atoms with Crippen LogP contribution in [-0.4, -0.2) is 41.4 Å². The van der Waals surface area contributed by atoms with E-state index in [9.17, 15) is 9.59 Å². The number of H-pyrrole nitrogens is 1. The van der Waals surface area contributed by atoms with Crippen molar-refractivity contribution in [2.45, 2.75) is 32.4 Å². The van der Waals surface area contributed by atoms with Crippen molar-refractivity contribution in [3.63, 3.8) is 0 Å². The van der Waals surface area contributed by atoms with Crippen LogP contribution < -0.4 is 5.56 Å². The third-order valence-corrected chi connectivity index (χ3v) is 5.15. The Balaban J connectivity index is 1.62. The number of imidazole rings is 1. The summed E-state index contributed by atoms with van der Waals surface area (Å²) in [7, 11) is 1.89. The lowest BCUT2D eigenvalue weighted by Crippen LogP contribution is -2.37. The highest BCUT2D eigenvalue weighted by Crippen LogP contribution is 2.29. The average Bonchev–Trinajstić information content (AvgIpc) is 3.24. The zero-order valence-electron chi connectivity index (χ0n) is 14.5. The van der Waals surface area contributed by atoms with Gasteiger partial charge in [0.05, 0.1) is 11.6 Å². The van der Waals surface area contributed by atoms with Crippen molar-refractivity contribution >= 4 is 17.2 Å². The van der Waals surface area contributed by atoms with Crippen molar-refractivity contribution in [3.05, 3.63) is 50.7 Å². The normalized spacial score (nSPS) is 13.8. The monoisotopic (exact) mass is 370 g/mol. The molecule has 0 unspecified atom stereocenters. The van der Waals surface area contributed by atoms with Crippen LogP contribution in [0.5, 0.6) is 0 Å². The first-order valence-electron chi connectivity index (χ1n) is 8.32. The van der Waals surface area contributed by atoms with E-state index in [2.05, 4.69) is 19.9 Å². The third kappa shape index (κ3) is 3.17. The average molecular weight is 370 g/mol. The van der Waals surface area contributed by atoms with Crippen LogP contribution in [-0.2, 0) is 13.6 Å². The Morgan fingerprint density at radius 3 is 2.81 bits per heavy atom. The second-order valence-corrected chi connectivity index (χ2v) is 7.41. The van der Waals surface area contributed by atoms with Gasteiger partial charge in [0, 0.05) is 37.1 Å². The van der Waals surface area contributed by atoms with E-state index in [0.29, 0.717) is 18.1 Å². The number of rotatable bonds is 5. The molecular formula is C17H18N6O2S. The number of aryl methyl sites for hydroxylation is 2. The number of carbonyl (C=O) groups excluding carboxylic acids is 1. The largest absolute Gasteiger partial charge is 0.337 e. The predicted octanol–water partition coefficient (Wildman–Crippen LogP) is 1.74. The van der Waals surface area contributed by atoms with E-state index < -0.39 is 5.56 Å². The highest BCUT2D eigenvalue weighted by atomic mass is 32.1. The van der Waals surface area contributed by atoms with Crippen molar-refractivity contribution in [2.75, 3.05) is 0 Å². The van der Waals surface area contributed by atoms with Gasteiger partial charge >= 0.3 is 0 Å². The summed E-state index contributed by atoms with van der Waals surface area (Å²) in [4.78, 5) is 42.7. The second kappa shape index (κ2) is 6.49. The molecule has 0 bridgehead atoms. The standard InChI is InChI=1S/C17H18N6O2S/c1-10-20-13(9-26-10)15-19-7-12(16(24)21-15)17(25)23(11-3-4-11)8-14-18-5-6-22(14)2/h5-7,9,11H,3-4,8H2,1-2H3,(H,19,21,24). The number of hydrogen-bond acceptors (Lipinski definition) is 6. The molecule has 0 spiro atoms. The second-order valence-electron chi connectivity index (χ2n) is 6.34. The molecule has 1 aliphatic rings. The molecule has 3 heterocycles. The number of hydrogen-bond donors (Lipinski definition) is 1. The lowest BCUT2D eigenvalue weighted by atomic mass is 10.2. The molecule has 3 aromatic rings. The van der Waals surface area contributed by atoms with E-state index in [1.165, 1.54) is 17.5 Å². The Morgan fingerprint density at radius 1 is 1.42 bits per heavy atom. The van der Waals surface area contributed by atoms with Gasteiger partial charge in [-0.1, -0.05) is 0 Å². The first-order chi connectivity index (χ1) is 12.5. The van der Waals surface area contributed by atoms with Gasteiger partial charge in [-0.15, -0.1) is 11.3 Å². The van der Waals surface area contributed by atoms with Gasteiger partial charge in [-0.25, -0.2) is 15.0 Å². The van der Waals surface area contributed by atoms with Gasteiger partial charge in [-0.3, -0.25) is 9.59 Å². The fourth-order valence-corrected chi connectivity index (χ4v) is 3.36. The number of nitrogens with one attached hydrogen (secondary N) is 1. The van der Waals surface area contributed by atoms with Crippen LogP contribution in [0.4, 0.5) is 0 Å². The molecule has 0 atom stereocenters. The zero-order chi connectivity index (χ0) is 18.3. The third-order valence-electron chi connectivity index (χ3n) is 4.37. The fourth-order valence-electron chi connectivity index (χ4n) is 2.76. The number of carbonyl (C=O) groups is 1. The van der Waals surface area contributed by atoms with Crippen LogP contribution in [0.2, 0.25) is 0 Å². The Morgan fingerprint density at radius 2 is 2.23 bits per heavy atom. The smallest absolute Gasteiger partial charge is 0.264 e. The summed E-state index contributed by atoms with van der Waals surface area (Å²) in [5.41, 5.74) is 0.202. The van der Waals surface area contributed by atoms with Crippen molar-refractivity contribution in [3.8, 4) is 11.5 Å². The minimum absolute atomic E-state index is 0.0433. The van der Waals surface area contributed by atoms with Gasteiger partial charge in [0.2, 0.25) is 0 Å². The molecular weight excluding hydrogens is 352 g/mol. The molecule has 1 aliphatic carbocycles. The van der Waals surface area contributed by atoms with Gasteiger partial charge in [0.25, 0.3) is 11.5 Å². The number of aromatic nitrogens is 5. The van der Waals surface area contributed by atoms with Gasteiger partial charge in [-0.05, 0) is 19.8 Å². The number of nitrogens with zero attached hydrogens (tertiary/aromatic N) is 5. The first-order valence-corrected chi connectivity index (χ1v) is 9.20. The minimum Gasteiger partial charge on any atom is -0.337 e. The highest BCUT2D eigenvalue weighted by Gasteiger charge is 2.35. The lowest BCUT2D eigenvalue weighted by molar-refractivity contribution is 0.0721. The van der Waals surface area contributed by atoms with E-state index in [4.69, 9.17) is 0 Å². The fraction of sp³-hybridized carbons (Fsp3) is 0.353. The van der Waals surface area contributed by atoms with Gasteiger partial charge in [0.1, 0.15) is 17.1 Å². The Bertz CT molecular complexity index is 1020. The molecule has 1 fully saturated rings. The highest BCUT2D eigenvalue weighted by molar-refractivity contribution is 7.09. The van der Waals surface area contributed by atoms with E-state index in [1.54, 1.807) is 11.1 Å². The summed E-state index contributed by atoms with van der Waals surface area (Å²) in [5, 5.41) is 2.71. The summed E-state index contributed by atoms with van der Waals surface area (Å²) in [6.45, 7) is 2.26. The maximum atomic E-state index is 13.0. The maximum Gasteiger partial charge on any atom is 0.264 e. The van der Waals surface area contributed by atoms with Crippen LogP contribution >= 0.6 is 11.3 Å². The Hall–Kier alpha value is -2.81. The van der Waals surface area contributed by atoms with E-state index >= 15 is 0 Å². The molecule has 3 aromatic heterocycles. The number of aromatic amines is 1. The Labute approximate surface area is 153 Å². The topological polar surface area (TPSA) is 96.8 Å². The molecule has 1 saturated carbocycles. The Kier molecular flexibility index (Phi) is 4.15. The number of thiazole rings is 1. The van der Waals surface area contributed by atoms with Crippen molar-refractivity contribution in [2.24, 2.45) is 7.05 Å². The quantitative estimate of drug-likeness (QED) is 0.738. The zero-order valence-corrected chi connectivity index (χ0v) is 15.3. The SMILES string of the molecule is Cc1nc(-c2ncc(C(=O)N(Cc3nccn3C)C3CC3)c(=O)[nH]2)cs1. The van der Waals surface area contributed by atoms with Gasteiger partial charge in [0.15, 0.2) is 5.82 Å². The van der Waals surface area contributed by atoms with Crippen LogP contribution in [0.3, 0.4) is 0 Å². The maximum absolute atomic E-state index is 13.0. The molecule has 0 aliphatic heterocycles. The molecule has 4 rings (SSSR count). The van der Waals surface area contributed by atoms with Crippen LogP contribution in [0.15, 0.2) is 28.8 Å². The van der Waals surface area contributed by atoms with Crippen LogP contribution in [0.1, 0.15) is 34.0 Å². The predicted molar refractivity (Wildman–Crippen MR) is 96.8 cm³/mol. The molecule has 134 valence electrons. The van der Waals surface area contributed by atoms with Crippen molar-refractivity contribution in [1.82, 2.24) is 29.4 Å². The van der Waals surface area contributed by atoms with Crippen LogP contribution in [0.25, 0.3) is 11.5 Å². The van der Waals surface area contributed by atoms with Crippen molar-refractivity contribution < 1.29 is 4.79 Å². The van der Waals surface area contributed by atoms with Gasteiger partial charge in [-0.2, -0.15) is 0 Å². The summed E-state index contributed by atoms with van der Waals surface area (Å²) in [6, 6.07) is 0.152. The molecule has 26 heavy (non-hydrogen) atoms. The van der Waals surface area contributed by atoms with E-state index in [-0.39, 0.29) is 17.5 Å². The lowest BCUT2D eigenvalue weighted by Gasteiger charge is -2.21. The summed E-state index contributed by atoms with van der Waals surface area (Å²) in [5.74, 6) is 0.840. The minimum atomic E-state index is -0.448. The van der Waals surface area contributed by atoms with Crippen molar-refractivity contribution in [1.29, 1.82) is 0 Å². The van der Waals surface area contributed by atoms with Gasteiger partial charge < -0.3 is 14.5 Å². The molecule has 0 radical (unpaired) electrons. The van der Waals surface area contributed by atoms with E-state index in [1.807, 2.05) is 30.1 Å². The molecule has 0 saturated heterocycles. The molecule has 1 amide bonds. The summed E-state index contributed by atoms with van der Waals surface area (Å²) >= 11 is 1.48. The summed E-state index contributed by atoms with van der Waals surface area (Å²) in [6.07, 6.45) is 6.77. The summed E-state index contributed by atoms with van der Waals surface area (Å²) < 4.78 is 1.87. The van der Waals surface area contributed by atoms with E-state index in [0.717, 1.165) is 23.7 Å². The first kappa shape index (κ1) is 16.6. The molecule has 8 nitrogen and oxygen atoms in total.